The third kappa shape index (κ3) is 8.55. The molecule has 1 aliphatic heterocycles. The number of benzene rings is 1. The van der Waals surface area contributed by atoms with Gasteiger partial charge in [0, 0.05) is 0 Å². The molecule has 2 aliphatic rings. The van der Waals surface area contributed by atoms with E-state index < -0.39 is 10.1 Å². The lowest BCUT2D eigenvalue weighted by molar-refractivity contribution is -0.117. The summed E-state index contributed by atoms with van der Waals surface area (Å²) in [6.45, 7) is 4.03. The summed E-state index contributed by atoms with van der Waals surface area (Å²) in [5.41, 5.74) is 0.985. The number of rotatable bonds is 13. The summed E-state index contributed by atoms with van der Waals surface area (Å²) in [4.78, 5) is 0.140. The van der Waals surface area contributed by atoms with Crippen molar-refractivity contribution in [2.24, 2.45) is 0 Å². The molecule has 32 heavy (non-hydrogen) atoms. The normalized spacial score (nSPS) is 24.6. The highest BCUT2D eigenvalue weighted by atomic mass is 32.2. The number of fused-ring (bicyclic) bond motifs is 1. The van der Waals surface area contributed by atoms with Gasteiger partial charge in [-0.3, -0.25) is 4.18 Å². The molecule has 1 aliphatic carbocycles. The fourth-order valence-corrected chi connectivity index (χ4v) is 4.43. The Morgan fingerprint density at radius 3 is 1.94 bits per heavy atom. The van der Waals surface area contributed by atoms with Crippen molar-refractivity contribution in [3.05, 3.63) is 42.0 Å². The maximum atomic E-state index is 12.0. The SMILES string of the molecule is Cc1ccc(S(=O)(=O)OCCOCCOCCOC[C@@H]2O[C@H]3CC/C=C/CC[C@H]3O2)cc1. The van der Waals surface area contributed by atoms with Gasteiger partial charge in [0.15, 0.2) is 6.29 Å². The second-order valence-corrected chi connectivity index (χ2v) is 9.41. The fourth-order valence-electron chi connectivity index (χ4n) is 3.54. The lowest BCUT2D eigenvalue weighted by atomic mass is 10.0. The predicted molar refractivity (Wildman–Crippen MR) is 118 cm³/mol. The molecule has 1 aromatic rings. The molecule has 9 heteroatoms. The van der Waals surface area contributed by atoms with Crippen molar-refractivity contribution < 1.29 is 36.3 Å². The van der Waals surface area contributed by atoms with Crippen molar-refractivity contribution in [1.82, 2.24) is 0 Å². The second kappa shape index (κ2) is 13.4. The Kier molecular flexibility index (Phi) is 10.6. The maximum absolute atomic E-state index is 12.0. The Labute approximate surface area is 190 Å². The summed E-state index contributed by atoms with van der Waals surface area (Å²) in [5.74, 6) is 0. The van der Waals surface area contributed by atoms with Gasteiger partial charge in [0.2, 0.25) is 0 Å². The molecule has 8 nitrogen and oxygen atoms in total. The van der Waals surface area contributed by atoms with Crippen molar-refractivity contribution in [1.29, 1.82) is 0 Å². The average molecular weight is 471 g/mol. The Balaban J connectivity index is 1.14. The first kappa shape index (κ1) is 25.3. The van der Waals surface area contributed by atoms with E-state index in [1.807, 2.05) is 6.92 Å². The molecule has 1 aromatic carbocycles. The molecule has 0 spiro atoms. The molecule has 0 radical (unpaired) electrons. The Morgan fingerprint density at radius 1 is 0.812 bits per heavy atom. The molecule has 3 atom stereocenters. The third-order valence-corrected chi connectivity index (χ3v) is 6.57. The molecule has 0 aromatic heterocycles. The van der Waals surface area contributed by atoms with Crippen LogP contribution in [0.25, 0.3) is 0 Å². The van der Waals surface area contributed by atoms with Crippen LogP contribution in [0.4, 0.5) is 0 Å². The summed E-state index contributed by atoms with van der Waals surface area (Å²) in [5, 5.41) is 0. The van der Waals surface area contributed by atoms with Crippen molar-refractivity contribution in [2.75, 3.05) is 46.2 Å². The van der Waals surface area contributed by atoms with Gasteiger partial charge in [0.1, 0.15) is 0 Å². The van der Waals surface area contributed by atoms with Crippen LogP contribution in [-0.4, -0.2) is 73.2 Å². The summed E-state index contributed by atoms with van der Waals surface area (Å²) < 4.78 is 57.3. The van der Waals surface area contributed by atoms with Gasteiger partial charge in [-0.1, -0.05) is 29.8 Å². The summed E-state index contributed by atoms with van der Waals surface area (Å²) in [7, 11) is -3.75. The molecule has 0 amide bonds. The monoisotopic (exact) mass is 470 g/mol. The molecular weight excluding hydrogens is 436 g/mol. The molecule has 0 bridgehead atoms. The molecule has 1 heterocycles. The van der Waals surface area contributed by atoms with Crippen molar-refractivity contribution in [3.63, 3.8) is 0 Å². The summed E-state index contributed by atoms with van der Waals surface area (Å²) in [6.07, 6.45) is 8.49. The molecule has 0 unspecified atom stereocenters. The van der Waals surface area contributed by atoms with E-state index in [1.165, 1.54) is 12.1 Å². The quantitative estimate of drug-likeness (QED) is 0.247. The van der Waals surface area contributed by atoms with E-state index in [1.54, 1.807) is 12.1 Å². The number of allylic oxidation sites excluding steroid dienone is 2. The Morgan fingerprint density at radius 2 is 1.34 bits per heavy atom. The zero-order valence-electron chi connectivity index (χ0n) is 18.6. The van der Waals surface area contributed by atoms with E-state index >= 15 is 0 Å². The molecule has 3 rings (SSSR count). The minimum atomic E-state index is -3.75. The molecule has 1 saturated heterocycles. The van der Waals surface area contributed by atoms with E-state index in [0.29, 0.717) is 33.0 Å². The Bertz CT molecular complexity index is 775. The minimum absolute atomic E-state index is 0.0429. The number of ether oxygens (including phenoxy) is 5. The predicted octanol–water partition coefficient (Wildman–Crippen LogP) is 2.99. The largest absolute Gasteiger partial charge is 0.377 e. The number of hydrogen-bond donors (Lipinski definition) is 0. The molecule has 0 saturated carbocycles. The zero-order valence-corrected chi connectivity index (χ0v) is 19.5. The van der Waals surface area contributed by atoms with Crippen LogP contribution in [0.15, 0.2) is 41.3 Å². The van der Waals surface area contributed by atoms with E-state index in [0.717, 1.165) is 31.2 Å². The first-order valence-corrected chi connectivity index (χ1v) is 12.6. The van der Waals surface area contributed by atoms with Crippen LogP contribution in [0.1, 0.15) is 31.2 Å². The average Bonchev–Trinajstić information content (AvgIpc) is 3.13. The third-order valence-electron chi connectivity index (χ3n) is 5.24. The zero-order chi connectivity index (χ0) is 22.7. The Hall–Kier alpha value is -1.33. The van der Waals surface area contributed by atoms with Gasteiger partial charge in [0.05, 0.1) is 63.4 Å². The maximum Gasteiger partial charge on any atom is 0.297 e. The molecule has 0 N–H and O–H groups in total. The smallest absolute Gasteiger partial charge is 0.297 e. The van der Waals surface area contributed by atoms with Crippen LogP contribution in [0.3, 0.4) is 0 Å². The van der Waals surface area contributed by atoms with Crippen LogP contribution in [0, 0.1) is 6.92 Å². The van der Waals surface area contributed by atoms with E-state index in [4.69, 9.17) is 27.9 Å². The summed E-state index contributed by atoms with van der Waals surface area (Å²) in [6, 6.07) is 6.51. The standard InChI is InChI=1S/C23H34O8S/c1-19-8-10-20(11-9-19)32(24,25)29-17-16-27-13-12-26-14-15-28-18-23-30-21-6-4-2-3-5-7-22(21)31-23/h2-3,8-11,21-23H,4-7,12-18H2,1H3/b3-2+/t21-,22+,23+. The lowest BCUT2D eigenvalue weighted by Gasteiger charge is -2.16. The van der Waals surface area contributed by atoms with Crippen molar-refractivity contribution >= 4 is 10.1 Å². The highest BCUT2D eigenvalue weighted by Crippen LogP contribution is 2.28. The lowest BCUT2D eigenvalue weighted by Crippen LogP contribution is -2.22. The van der Waals surface area contributed by atoms with Crippen LogP contribution in [0.2, 0.25) is 0 Å². The van der Waals surface area contributed by atoms with E-state index in [2.05, 4.69) is 12.2 Å². The first-order chi connectivity index (χ1) is 15.5. The molecule has 1 fully saturated rings. The highest BCUT2D eigenvalue weighted by Gasteiger charge is 2.35. The molecule has 180 valence electrons. The van der Waals surface area contributed by atoms with Gasteiger partial charge < -0.3 is 23.7 Å². The van der Waals surface area contributed by atoms with Crippen LogP contribution >= 0.6 is 0 Å². The summed E-state index contributed by atoms with van der Waals surface area (Å²) >= 11 is 0. The van der Waals surface area contributed by atoms with Gasteiger partial charge in [-0.15, -0.1) is 0 Å². The number of aryl methyl sites for hydroxylation is 1. The van der Waals surface area contributed by atoms with Crippen LogP contribution in [0.5, 0.6) is 0 Å². The minimum Gasteiger partial charge on any atom is -0.377 e. The topological polar surface area (TPSA) is 89.5 Å². The molecular formula is C23H34O8S. The van der Waals surface area contributed by atoms with E-state index in [9.17, 15) is 8.42 Å². The second-order valence-electron chi connectivity index (χ2n) is 7.79. The van der Waals surface area contributed by atoms with Crippen LogP contribution in [-0.2, 0) is 38.0 Å². The fraction of sp³-hybridized carbons (Fsp3) is 0.652. The number of hydrogen-bond acceptors (Lipinski definition) is 8. The van der Waals surface area contributed by atoms with Crippen molar-refractivity contribution in [2.45, 2.75) is 56.0 Å². The van der Waals surface area contributed by atoms with Gasteiger partial charge in [0.25, 0.3) is 10.1 Å². The van der Waals surface area contributed by atoms with Gasteiger partial charge >= 0.3 is 0 Å². The van der Waals surface area contributed by atoms with E-state index in [-0.39, 0.29) is 36.6 Å². The van der Waals surface area contributed by atoms with Gasteiger partial charge in [-0.25, -0.2) is 0 Å². The first-order valence-electron chi connectivity index (χ1n) is 11.2. The van der Waals surface area contributed by atoms with Gasteiger partial charge in [-0.05, 0) is 44.7 Å². The highest BCUT2D eigenvalue weighted by molar-refractivity contribution is 7.86. The van der Waals surface area contributed by atoms with Gasteiger partial charge in [-0.2, -0.15) is 8.42 Å². The van der Waals surface area contributed by atoms with Crippen LogP contribution < -0.4 is 0 Å². The van der Waals surface area contributed by atoms with Crippen molar-refractivity contribution in [3.8, 4) is 0 Å².